The first-order valence-electron chi connectivity index (χ1n) is 4.98. The number of imidazole rings is 1. The third-order valence-corrected chi connectivity index (χ3v) is 2.69. The fourth-order valence-corrected chi connectivity index (χ4v) is 2.09. The predicted octanol–water partition coefficient (Wildman–Crippen LogP) is 1.62. The molecular weight excluding hydrogens is 198 g/mol. The molecule has 0 amide bonds. The first-order chi connectivity index (χ1) is 6.27. The summed E-state index contributed by atoms with van der Waals surface area (Å²) in [5.74, 6) is 1.86. The van der Waals surface area contributed by atoms with Crippen molar-refractivity contribution in [3.63, 3.8) is 0 Å². The van der Waals surface area contributed by atoms with E-state index in [9.17, 15) is 0 Å². The summed E-state index contributed by atoms with van der Waals surface area (Å²) in [6, 6.07) is 0. The number of nitrogens with one attached hydrogen (secondary N) is 1. The normalized spacial score (nSPS) is 21.7. The predicted molar refractivity (Wildman–Crippen MR) is 60.0 cm³/mol. The molecule has 0 aliphatic carbocycles. The van der Waals surface area contributed by atoms with Gasteiger partial charge in [0.25, 0.3) is 0 Å². The molecule has 1 unspecified atom stereocenters. The van der Waals surface area contributed by atoms with Crippen LogP contribution in [0, 0.1) is 6.92 Å². The molecule has 0 spiro atoms. The Labute approximate surface area is 91.3 Å². The Hall–Kier alpha value is -0.540. The Morgan fingerprint density at radius 3 is 2.86 bits per heavy atom. The van der Waals surface area contributed by atoms with Crippen LogP contribution in [0.3, 0.4) is 0 Å². The zero-order valence-electron chi connectivity index (χ0n) is 8.79. The number of hydrogen-bond donors (Lipinski definition) is 1. The summed E-state index contributed by atoms with van der Waals surface area (Å²) in [6.07, 6.45) is 4.65. The quantitative estimate of drug-likeness (QED) is 0.772. The standard InChI is InChI=1S/C10H17N3.ClH/c1-8-7-13(2)10(12-8)9-4-3-5-11-6-9;/h7,9,11H,3-6H2,1-2H3;1H. The number of halogens is 1. The second kappa shape index (κ2) is 4.80. The fraction of sp³-hybridized carbons (Fsp3) is 0.700. The van der Waals surface area contributed by atoms with Crippen molar-refractivity contribution in [2.75, 3.05) is 13.1 Å². The first-order valence-corrected chi connectivity index (χ1v) is 4.98. The van der Waals surface area contributed by atoms with E-state index in [2.05, 4.69) is 35.0 Å². The van der Waals surface area contributed by atoms with Gasteiger partial charge >= 0.3 is 0 Å². The summed E-state index contributed by atoms with van der Waals surface area (Å²) in [6.45, 7) is 4.31. The molecule has 1 fully saturated rings. The topological polar surface area (TPSA) is 29.9 Å². The molecule has 14 heavy (non-hydrogen) atoms. The van der Waals surface area contributed by atoms with E-state index in [0.717, 1.165) is 12.2 Å². The molecule has 1 atom stereocenters. The van der Waals surface area contributed by atoms with Gasteiger partial charge in [-0.1, -0.05) is 0 Å². The third-order valence-electron chi connectivity index (χ3n) is 2.69. The molecule has 0 bridgehead atoms. The average molecular weight is 216 g/mol. The molecular formula is C10H18ClN3. The summed E-state index contributed by atoms with van der Waals surface area (Å²) in [4.78, 5) is 4.56. The van der Waals surface area contributed by atoms with Gasteiger partial charge in [-0.25, -0.2) is 4.98 Å². The molecule has 1 N–H and O–H groups in total. The summed E-state index contributed by atoms with van der Waals surface area (Å²) in [7, 11) is 2.09. The summed E-state index contributed by atoms with van der Waals surface area (Å²) >= 11 is 0. The zero-order chi connectivity index (χ0) is 9.26. The molecule has 1 saturated heterocycles. The Morgan fingerprint density at radius 1 is 1.57 bits per heavy atom. The Balaban J connectivity index is 0.000000980. The molecule has 80 valence electrons. The van der Waals surface area contributed by atoms with Crippen molar-refractivity contribution in [3.05, 3.63) is 17.7 Å². The van der Waals surface area contributed by atoms with Crippen LogP contribution >= 0.6 is 12.4 Å². The third kappa shape index (κ3) is 2.28. The largest absolute Gasteiger partial charge is 0.337 e. The van der Waals surface area contributed by atoms with Crippen molar-refractivity contribution >= 4 is 12.4 Å². The highest BCUT2D eigenvalue weighted by Crippen LogP contribution is 2.21. The van der Waals surface area contributed by atoms with Crippen molar-refractivity contribution in [1.82, 2.24) is 14.9 Å². The number of rotatable bonds is 1. The first kappa shape index (κ1) is 11.5. The van der Waals surface area contributed by atoms with E-state index in [1.165, 1.54) is 25.2 Å². The molecule has 2 rings (SSSR count). The zero-order valence-corrected chi connectivity index (χ0v) is 9.60. The highest BCUT2D eigenvalue weighted by molar-refractivity contribution is 5.85. The van der Waals surface area contributed by atoms with Crippen LogP contribution in [-0.4, -0.2) is 22.6 Å². The van der Waals surface area contributed by atoms with E-state index in [0.29, 0.717) is 5.92 Å². The van der Waals surface area contributed by atoms with Gasteiger partial charge in [0.15, 0.2) is 0 Å². The van der Waals surface area contributed by atoms with Crippen molar-refractivity contribution in [2.45, 2.75) is 25.7 Å². The molecule has 0 radical (unpaired) electrons. The lowest BCUT2D eigenvalue weighted by molar-refractivity contribution is 0.439. The van der Waals surface area contributed by atoms with Crippen LogP contribution in [0.1, 0.15) is 30.3 Å². The van der Waals surface area contributed by atoms with Crippen molar-refractivity contribution in [2.24, 2.45) is 7.05 Å². The molecule has 1 aromatic heterocycles. The van der Waals surface area contributed by atoms with Crippen LogP contribution in [0.4, 0.5) is 0 Å². The lowest BCUT2D eigenvalue weighted by atomic mass is 9.99. The van der Waals surface area contributed by atoms with Gasteiger partial charge in [0.2, 0.25) is 0 Å². The minimum absolute atomic E-state index is 0. The number of aryl methyl sites for hydroxylation is 2. The molecule has 0 aromatic carbocycles. The molecule has 1 aliphatic rings. The SMILES string of the molecule is Cc1cn(C)c(C2CCCNC2)n1.Cl. The average Bonchev–Trinajstić information content (AvgIpc) is 2.47. The van der Waals surface area contributed by atoms with E-state index < -0.39 is 0 Å². The van der Waals surface area contributed by atoms with E-state index in [1.54, 1.807) is 0 Å². The maximum Gasteiger partial charge on any atom is 0.113 e. The summed E-state index contributed by atoms with van der Waals surface area (Å²) in [5, 5.41) is 3.42. The maximum atomic E-state index is 4.56. The van der Waals surface area contributed by atoms with Gasteiger partial charge in [-0.05, 0) is 26.3 Å². The Kier molecular flexibility index (Phi) is 3.96. The molecule has 2 heterocycles. The van der Waals surface area contributed by atoms with Gasteiger partial charge in [0.1, 0.15) is 5.82 Å². The number of nitrogens with zero attached hydrogens (tertiary/aromatic N) is 2. The van der Waals surface area contributed by atoms with Gasteiger partial charge in [-0.15, -0.1) is 12.4 Å². The van der Waals surface area contributed by atoms with E-state index in [-0.39, 0.29) is 12.4 Å². The summed E-state index contributed by atoms with van der Waals surface area (Å²) in [5.41, 5.74) is 1.13. The van der Waals surface area contributed by atoms with E-state index in [4.69, 9.17) is 0 Å². The van der Waals surface area contributed by atoms with Gasteiger partial charge < -0.3 is 9.88 Å². The highest BCUT2D eigenvalue weighted by atomic mass is 35.5. The van der Waals surface area contributed by atoms with Crippen molar-refractivity contribution in [3.8, 4) is 0 Å². The van der Waals surface area contributed by atoms with Crippen LogP contribution < -0.4 is 5.32 Å². The van der Waals surface area contributed by atoms with Gasteiger partial charge in [0, 0.05) is 25.7 Å². The van der Waals surface area contributed by atoms with E-state index >= 15 is 0 Å². The minimum Gasteiger partial charge on any atom is -0.337 e. The fourth-order valence-electron chi connectivity index (χ4n) is 2.09. The molecule has 4 heteroatoms. The lowest BCUT2D eigenvalue weighted by Crippen LogP contribution is -2.29. The molecule has 3 nitrogen and oxygen atoms in total. The smallest absolute Gasteiger partial charge is 0.113 e. The van der Waals surface area contributed by atoms with Crippen LogP contribution in [0.25, 0.3) is 0 Å². The van der Waals surface area contributed by atoms with Crippen molar-refractivity contribution in [1.29, 1.82) is 0 Å². The monoisotopic (exact) mass is 215 g/mol. The summed E-state index contributed by atoms with van der Waals surface area (Å²) < 4.78 is 2.16. The molecule has 1 aliphatic heterocycles. The number of piperidine rings is 1. The van der Waals surface area contributed by atoms with Crippen LogP contribution in [0.15, 0.2) is 6.20 Å². The van der Waals surface area contributed by atoms with Crippen LogP contribution in [0.2, 0.25) is 0 Å². The van der Waals surface area contributed by atoms with Crippen molar-refractivity contribution < 1.29 is 0 Å². The van der Waals surface area contributed by atoms with Gasteiger partial charge in [-0.2, -0.15) is 0 Å². The van der Waals surface area contributed by atoms with Crippen LogP contribution in [0.5, 0.6) is 0 Å². The Morgan fingerprint density at radius 2 is 2.36 bits per heavy atom. The number of aromatic nitrogens is 2. The van der Waals surface area contributed by atoms with Gasteiger partial charge in [-0.3, -0.25) is 0 Å². The second-order valence-electron chi connectivity index (χ2n) is 3.89. The lowest BCUT2D eigenvalue weighted by Gasteiger charge is -2.22. The molecule has 0 saturated carbocycles. The van der Waals surface area contributed by atoms with E-state index in [1.807, 2.05) is 0 Å². The minimum atomic E-state index is 0. The maximum absolute atomic E-state index is 4.56. The highest BCUT2D eigenvalue weighted by Gasteiger charge is 2.18. The molecule has 1 aromatic rings. The second-order valence-corrected chi connectivity index (χ2v) is 3.89. The Bertz CT molecular complexity index is 290. The van der Waals surface area contributed by atoms with Crippen LogP contribution in [-0.2, 0) is 7.05 Å². The number of hydrogen-bond acceptors (Lipinski definition) is 2. The van der Waals surface area contributed by atoms with Gasteiger partial charge in [0.05, 0.1) is 5.69 Å².